The van der Waals surface area contributed by atoms with Crippen LogP contribution >= 0.6 is 0 Å². The molecule has 0 bridgehead atoms. The Labute approximate surface area is 193 Å². The Morgan fingerprint density at radius 1 is 1.09 bits per heavy atom. The molecule has 10 nitrogen and oxygen atoms in total. The van der Waals surface area contributed by atoms with Crippen LogP contribution in [0.15, 0.2) is 30.6 Å². The summed E-state index contributed by atoms with van der Waals surface area (Å²) in [6.07, 6.45) is 8.11. The van der Waals surface area contributed by atoms with Gasteiger partial charge in [-0.15, -0.1) is 0 Å². The van der Waals surface area contributed by atoms with Crippen LogP contribution in [0.4, 0.5) is 17.5 Å². The molecule has 0 atom stereocenters. The van der Waals surface area contributed by atoms with E-state index in [1.54, 1.807) is 25.2 Å². The van der Waals surface area contributed by atoms with Crippen LogP contribution < -0.4 is 16.1 Å². The quantitative estimate of drug-likeness (QED) is 0.572. The van der Waals surface area contributed by atoms with Gasteiger partial charge in [0.15, 0.2) is 0 Å². The lowest BCUT2D eigenvalue weighted by molar-refractivity contribution is 0.0815. The van der Waals surface area contributed by atoms with Crippen molar-refractivity contribution in [1.29, 1.82) is 0 Å². The molecule has 0 spiro atoms. The maximum absolute atomic E-state index is 12.9. The fraction of sp³-hybridized carbons (Fsp3) is 0.478. The average Bonchev–Trinajstić information content (AvgIpc) is 3.47. The first-order valence-electron chi connectivity index (χ1n) is 11.6. The van der Waals surface area contributed by atoms with Gasteiger partial charge in [0.2, 0.25) is 5.95 Å². The van der Waals surface area contributed by atoms with E-state index in [1.807, 2.05) is 23.3 Å². The van der Waals surface area contributed by atoms with Gasteiger partial charge in [-0.1, -0.05) is 12.8 Å². The van der Waals surface area contributed by atoms with E-state index in [0.717, 1.165) is 55.7 Å². The fourth-order valence-corrected chi connectivity index (χ4v) is 4.74. The summed E-state index contributed by atoms with van der Waals surface area (Å²) in [6.45, 7) is 3.45. The maximum Gasteiger partial charge on any atom is 0.270 e. The number of hydrogen-bond donors (Lipinski definition) is 2. The van der Waals surface area contributed by atoms with E-state index in [2.05, 4.69) is 30.8 Å². The minimum absolute atomic E-state index is 0.0119. The van der Waals surface area contributed by atoms with Gasteiger partial charge >= 0.3 is 0 Å². The van der Waals surface area contributed by atoms with Gasteiger partial charge in [0.1, 0.15) is 17.2 Å². The molecular formula is C23H31N9O. The van der Waals surface area contributed by atoms with Crippen molar-refractivity contribution in [2.24, 2.45) is 5.84 Å². The molecule has 1 aliphatic heterocycles. The molecule has 2 aliphatic rings. The topological polar surface area (TPSA) is 108 Å². The Kier molecular flexibility index (Phi) is 5.86. The van der Waals surface area contributed by atoms with Gasteiger partial charge in [0.25, 0.3) is 5.91 Å². The van der Waals surface area contributed by atoms with Crippen LogP contribution in [-0.4, -0.2) is 75.6 Å². The van der Waals surface area contributed by atoms with Crippen LogP contribution in [0.5, 0.6) is 0 Å². The van der Waals surface area contributed by atoms with Crippen molar-refractivity contribution >= 4 is 34.4 Å². The third kappa shape index (κ3) is 4.36. The van der Waals surface area contributed by atoms with Crippen LogP contribution in [0.1, 0.15) is 42.2 Å². The van der Waals surface area contributed by atoms with Crippen molar-refractivity contribution < 1.29 is 4.79 Å². The Bertz CT molecular complexity index is 1130. The summed E-state index contributed by atoms with van der Waals surface area (Å²) in [6, 6.07) is 6.19. The fourth-order valence-electron chi connectivity index (χ4n) is 4.74. The number of nitrogens with two attached hydrogens (primary N) is 1. The Morgan fingerprint density at radius 3 is 2.52 bits per heavy atom. The third-order valence-corrected chi connectivity index (χ3v) is 6.56. The highest BCUT2D eigenvalue weighted by atomic mass is 16.2. The zero-order valence-electron chi connectivity index (χ0n) is 19.2. The molecule has 0 aromatic carbocycles. The van der Waals surface area contributed by atoms with Crippen molar-refractivity contribution in [2.45, 2.75) is 31.7 Å². The number of amides is 1. The summed E-state index contributed by atoms with van der Waals surface area (Å²) >= 11 is 0. The minimum atomic E-state index is -0.0119. The highest BCUT2D eigenvalue weighted by Crippen LogP contribution is 2.35. The molecule has 4 heterocycles. The molecule has 1 amide bonds. The second-order valence-corrected chi connectivity index (χ2v) is 9.06. The van der Waals surface area contributed by atoms with E-state index in [-0.39, 0.29) is 11.9 Å². The molecule has 3 aromatic rings. The monoisotopic (exact) mass is 449 g/mol. The van der Waals surface area contributed by atoms with E-state index in [0.29, 0.717) is 17.5 Å². The number of rotatable bonds is 5. The number of fused-ring (bicyclic) bond motifs is 1. The number of aromatic nitrogens is 4. The van der Waals surface area contributed by atoms with Crippen molar-refractivity contribution in [3.8, 4) is 0 Å². The molecule has 1 saturated heterocycles. The molecule has 5 rings (SSSR count). The normalized spacial score (nSPS) is 17.6. The lowest BCUT2D eigenvalue weighted by Gasteiger charge is -2.33. The zero-order chi connectivity index (χ0) is 22.9. The first-order valence-corrected chi connectivity index (χ1v) is 11.6. The molecule has 10 heteroatoms. The molecule has 0 radical (unpaired) electrons. The highest BCUT2D eigenvalue weighted by molar-refractivity contribution is 5.97. The first kappa shape index (κ1) is 21.6. The second-order valence-electron chi connectivity index (χ2n) is 9.06. The van der Waals surface area contributed by atoms with Crippen LogP contribution in [0.25, 0.3) is 11.0 Å². The van der Waals surface area contributed by atoms with Crippen LogP contribution in [0, 0.1) is 0 Å². The van der Waals surface area contributed by atoms with E-state index in [1.165, 1.54) is 12.8 Å². The first-order chi connectivity index (χ1) is 16.0. The SMILES string of the molecule is CN(C)C(=O)c1cc2cnc(Nc3ccc(N4CCN(N)CC4)cn3)nc2n1C1CCCC1. The summed E-state index contributed by atoms with van der Waals surface area (Å²) in [5.74, 6) is 6.99. The van der Waals surface area contributed by atoms with Crippen LogP contribution in [-0.2, 0) is 0 Å². The Morgan fingerprint density at radius 2 is 1.85 bits per heavy atom. The van der Waals surface area contributed by atoms with Gasteiger partial charge in [0, 0.05) is 57.9 Å². The van der Waals surface area contributed by atoms with Crippen LogP contribution in [0.2, 0.25) is 0 Å². The highest BCUT2D eigenvalue weighted by Gasteiger charge is 2.26. The number of pyridine rings is 1. The zero-order valence-corrected chi connectivity index (χ0v) is 19.2. The molecule has 0 unspecified atom stereocenters. The number of nitrogens with one attached hydrogen (secondary N) is 1. The number of hydrogen-bond acceptors (Lipinski definition) is 8. The smallest absolute Gasteiger partial charge is 0.270 e. The van der Waals surface area contributed by atoms with Gasteiger partial charge in [-0.3, -0.25) is 10.6 Å². The lowest BCUT2D eigenvalue weighted by atomic mass is 10.2. The number of carbonyl (C=O) groups excluding carboxylic acids is 1. The Balaban J connectivity index is 1.41. The maximum atomic E-state index is 12.9. The molecule has 1 saturated carbocycles. The molecule has 33 heavy (non-hydrogen) atoms. The number of piperazine rings is 1. The van der Waals surface area contributed by atoms with Gasteiger partial charge in [-0.25, -0.2) is 15.0 Å². The van der Waals surface area contributed by atoms with E-state index in [4.69, 9.17) is 10.8 Å². The second kappa shape index (κ2) is 8.95. The van der Waals surface area contributed by atoms with Crippen molar-refractivity contribution in [3.63, 3.8) is 0 Å². The number of anilines is 3. The van der Waals surface area contributed by atoms with Gasteiger partial charge < -0.3 is 19.7 Å². The molecule has 174 valence electrons. The van der Waals surface area contributed by atoms with E-state index < -0.39 is 0 Å². The minimum Gasteiger partial charge on any atom is -0.368 e. The van der Waals surface area contributed by atoms with Gasteiger partial charge in [-0.2, -0.15) is 4.98 Å². The van der Waals surface area contributed by atoms with Crippen molar-refractivity contribution in [2.75, 3.05) is 50.5 Å². The number of nitrogens with zero attached hydrogens (tertiary/aromatic N) is 7. The molecule has 1 aliphatic carbocycles. The summed E-state index contributed by atoms with van der Waals surface area (Å²) in [4.78, 5) is 30.6. The van der Waals surface area contributed by atoms with Crippen LogP contribution in [0.3, 0.4) is 0 Å². The predicted octanol–water partition coefficient (Wildman–Crippen LogP) is 2.38. The van der Waals surface area contributed by atoms with E-state index >= 15 is 0 Å². The van der Waals surface area contributed by atoms with Gasteiger partial charge in [-0.05, 0) is 31.0 Å². The molecule has 3 N–H and O–H groups in total. The van der Waals surface area contributed by atoms with Crippen molar-refractivity contribution in [3.05, 3.63) is 36.3 Å². The third-order valence-electron chi connectivity index (χ3n) is 6.56. The van der Waals surface area contributed by atoms with Crippen molar-refractivity contribution in [1.82, 2.24) is 29.4 Å². The molecule has 2 fully saturated rings. The largest absolute Gasteiger partial charge is 0.368 e. The predicted molar refractivity (Wildman–Crippen MR) is 129 cm³/mol. The van der Waals surface area contributed by atoms with Gasteiger partial charge in [0.05, 0.1) is 11.9 Å². The van der Waals surface area contributed by atoms with E-state index in [9.17, 15) is 4.79 Å². The lowest BCUT2D eigenvalue weighted by Crippen LogP contribution is -2.49. The molecular weight excluding hydrogens is 418 g/mol. The standard InChI is InChI=1S/C23H31N9O/c1-29(2)22(33)19-13-16-14-26-23(28-21(16)32(19)17-5-3-4-6-17)27-20-8-7-18(15-25-20)30-9-11-31(24)12-10-30/h7-8,13-15,17H,3-6,9-12,24H2,1-2H3,(H,25,26,27,28). The number of hydrazine groups is 1. The average molecular weight is 450 g/mol. The summed E-state index contributed by atoms with van der Waals surface area (Å²) in [5.41, 5.74) is 2.54. The molecule has 3 aromatic heterocycles. The summed E-state index contributed by atoms with van der Waals surface area (Å²) < 4.78 is 2.12. The Hall–Kier alpha value is -3.24. The number of carbonyl (C=O) groups is 1. The summed E-state index contributed by atoms with van der Waals surface area (Å²) in [5, 5.41) is 5.94. The summed E-state index contributed by atoms with van der Waals surface area (Å²) in [7, 11) is 3.56.